The summed E-state index contributed by atoms with van der Waals surface area (Å²) < 4.78 is 0. The average molecular weight is 299 g/mol. The van der Waals surface area contributed by atoms with Crippen LogP contribution >= 0.6 is 39.9 Å². The highest BCUT2D eigenvalue weighted by atomic mass is 127. The lowest BCUT2D eigenvalue weighted by molar-refractivity contribution is 1.44. The molecule has 1 rings (SSSR count). The van der Waals surface area contributed by atoms with Crippen LogP contribution in [0.25, 0.3) is 0 Å². The van der Waals surface area contributed by atoms with Crippen molar-refractivity contribution in [3.63, 3.8) is 0 Å². The topological polar surface area (TPSA) is 0 Å². The third kappa shape index (κ3) is 3.20. The Morgan fingerprint density at radius 3 is 2.00 bits per heavy atom. The van der Waals surface area contributed by atoms with Crippen LogP contribution in [0.1, 0.15) is 5.56 Å². The fourth-order valence-corrected chi connectivity index (χ4v) is 0.941. The van der Waals surface area contributed by atoms with Gasteiger partial charge < -0.3 is 0 Å². The van der Waals surface area contributed by atoms with Crippen molar-refractivity contribution in [2.45, 2.75) is 5.33 Å². The summed E-state index contributed by atoms with van der Waals surface area (Å²) in [6.07, 6.45) is 0. The molecule has 0 spiro atoms. The fourth-order valence-electron chi connectivity index (χ4n) is 0.567. The van der Waals surface area contributed by atoms with E-state index in [0.29, 0.717) is 0 Å². The summed E-state index contributed by atoms with van der Waals surface area (Å²) in [4.78, 5) is 0. The lowest BCUT2D eigenvalue weighted by Gasteiger charge is -1.88. The van der Waals surface area contributed by atoms with E-state index in [4.69, 9.17) is 0 Å². The van der Waals surface area contributed by atoms with Crippen molar-refractivity contribution in [2.24, 2.45) is 0 Å². The Hall–Kier alpha value is 0.430. The van der Waals surface area contributed by atoms with Crippen LogP contribution in [-0.4, -0.2) is 0 Å². The van der Waals surface area contributed by atoms with Gasteiger partial charge in [0.15, 0.2) is 0 Å². The van der Waals surface area contributed by atoms with Crippen LogP contribution in [0.2, 0.25) is 0 Å². The van der Waals surface area contributed by atoms with E-state index in [9.17, 15) is 0 Å². The molecule has 50 valence electrons. The largest absolute Gasteiger partial charge is 0.107 e. The van der Waals surface area contributed by atoms with Crippen molar-refractivity contribution in [1.82, 2.24) is 0 Å². The molecule has 0 aromatic heterocycles. The fraction of sp³-hybridized carbons (Fsp3) is 0.143. The van der Waals surface area contributed by atoms with Crippen LogP contribution < -0.4 is 0 Å². The summed E-state index contributed by atoms with van der Waals surface area (Å²) >= 11 is 3.36. The molecule has 0 unspecified atom stereocenters. The van der Waals surface area contributed by atoms with Crippen molar-refractivity contribution in [3.8, 4) is 0 Å². The van der Waals surface area contributed by atoms with E-state index >= 15 is 0 Å². The van der Waals surface area contributed by atoms with Gasteiger partial charge in [-0.05, 0) is 5.56 Å². The van der Waals surface area contributed by atoms with Gasteiger partial charge in [0.1, 0.15) is 0 Å². The molecular weight excluding hydrogens is 291 g/mol. The van der Waals surface area contributed by atoms with Gasteiger partial charge in [0.25, 0.3) is 0 Å². The van der Waals surface area contributed by atoms with Crippen LogP contribution in [-0.2, 0) is 5.33 Å². The first-order valence-corrected chi connectivity index (χ1v) is 3.65. The SMILES string of the molecule is BrCc1ccccc1.I. The minimum absolute atomic E-state index is 0. The molecule has 2 heteroatoms. The maximum atomic E-state index is 3.36. The minimum Gasteiger partial charge on any atom is -0.107 e. The van der Waals surface area contributed by atoms with Crippen molar-refractivity contribution < 1.29 is 0 Å². The lowest BCUT2D eigenvalue weighted by atomic mass is 10.2. The van der Waals surface area contributed by atoms with Gasteiger partial charge in [-0.1, -0.05) is 46.3 Å². The summed E-state index contributed by atoms with van der Waals surface area (Å²) in [6, 6.07) is 10.3. The third-order valence-corrected chi connectivity index (χ3v) is 1.64. The zero-order valence-corrected chi connectivity index (χ0v) is 8.80. The molecule has 0 heterocycles. The molecule has 1 aromatic carbocycles. The van der Waals surface area contributed by atoms with Gasteiger partial charge in [-0.25, -0.2) is 0 Å². The lowest BCUT2D eigenvalue weighted by Crippen LogP contribution is -1.70. The second-order valence-electron chi connectivity index (χ2n) is 1.62. The molecule has 0 aliphatic heterocycles. The molecule has 0 saturated carbocycles. The number of hydrogen-bond acceptors (Lipinski definition) is 0. The third-order valence-electron chi connectivity index (χ3n) is 0.997. The highest BCUT2D eigenvalue weighted by molar-refractivity contribution is 14.0. The van der Waals surface area contributed by atoms with E-state index in [0.717, 1.165) is 5.33 Å². The highest BCUT2D eigenvalue weighted by Crippen LogP contribution is 2.02. The van der Waals surface area contributed by atoms with Crippen LogP contribution in [0.3, 0.4) is 0 Å². The number of hydrogen-bond donors (Lipinski definition) is 0. The van der Waals surface area contributed by atoms with Crippen LogP contribution in [0.15, 0.2) is 30.3 Å². The predicted octanol–water partition coefficient (Wildman–Crippen LogP) is 3.20. The second kappa shape index (κ2) is 5.23. The number of halogens is 2. The molecule has 0 aliphatic carbocycles. The predicted molar refractivity (Wildman–Crippen MR) is 54.5 cm³/mol. The smallest absolute Gasteiger partial charge is 0.0283 e. The van der Waals surface area contributed by atoms with Crippen LogP contribution in [0, 0.1) is 0 Å². The minimum atomic E-state index is 0. The van der Waals surface area contributed by atoms with Gasteiger partial charge in [0.05, 0.1) is 0 Å². The van der Waals surface area contributed by atoms with Gasteiger partial charge >= 0.3 is 0 Å². The standard InChI is InChI=1S/C7H7Br.HI/c8-6-7-4-2-1-3-5-7;/h1-5H,6H2;1H. The van der Waals surface area contributed by atoms with Gasteiger partial charge in [-0.15, -0.1) is 24.0 Å². The van der Waals surface area contributed by atoms with Gasteiger partial charge in [-0.3, -0.25) is 0 Å². The maximum absolute atomic E-state index is 3.36. The van der Waals surface area contributed by atoms with E-state index in [2.05, 4.69) is 28.1 Å². The van der Waals surface area contributed by atoms with E-state index in [1.54, 1.807) is 0 Å². The molecule has 9 heavy (non-hydrogen) atoms. The number of benzene rings is 1. The van der Waals surface area contributed by atoms with Crippen molar-refractivity contribution in [2.75, 3.05) is 0 Å². The van der Waals surface area contributed by atoms with E-state index < -0.39 is 0 Å². The van der Waals surface area contributed by atoms with Crippen molar-refractivity contribution >= 4 is 39.9 Å². The first-order chi connectivity index (χ1) is 3.93. The second-order valence-corrected chi connectivity index (χ2v) is 2.18. The molecule has 0 bridgehead atoms. The molecule has 1 aromatic rings. The number of alkyl halides is 1. The molecule has 0 fully saturated rings. The van der Waals surface area contributed by atoms with Crippen molar-refractivity contribution in [1.29, 1.82) is 0 Å². The Bertz CT molecular complexity index is 150. The zero-order chi connectivity index (χ0) is 5.82. The molecule has 0 atom stereocenters. The van der Waals surface area contributed by atoms with Crippen LogP contribution in [0.5, 0.6) is 0 Å². The molecule has 0 aliphatic rings. The Morgan fingerprint density at radius 1 is 1.11 bits per heavy atom. The molecule has 0 amide bonds. The zero-order valence-electron chi connectivity index (χ0n) is 4.88. The van der Waals surface area contributed by atoms with E-state index in [1.807, 2.05) is 18.2 Å². The van der Waals surface area contributed by atoms with Gasteiger partial charge in [0, 0.05) is 5.33 Å². The molecular formula is C7H8BrI. The highest BCUT2D eigenvalue weighted by Gasteiger charge is 1.81. The average Bonchev–Trinajstić information content (AvgIpc) is 1.90. The summed E-state index contributed by atoms with van der Waals surface area (Å²) in [6.45, 7) is 0. The Kier molecular flexibility index (Phi) is 5.48. The Balaban J connectivity index is 0.000000640. The molecule has 0 nitrogen and oxygen atoms in total. The molecule has 0 N–H and O–H groups in total. The van der Waals surface area contributed by atoms with E-state index in [-0.39, 0.29) is 24.0 Å². The molecule has 0 saturated heterocycles. The first kappa shape index (κ1) is 9.43. The first-order valence-electron chi connectivity index (χ1n) is 2.53. The monoisotopic (exact) mass is 298 g/mol. The quantitative estimate of drug-likeness (QED) is 0.552. The van der Waals surface area contributed by atoms with Crippen molar-refractivity contribution in [3.05, 3.63) is 35.9 Å². The Morgan fingerprint density at radius 2 is 1.67 bits per heavy atom. The van der Waals surface area contributed by atoms with Gasteiger partial charge in [0.2, 0.25) is 0 Å². The number of rotatable bonds is 1. The Labute approximate surface area is 80.8 Å². The van der Waals surface area contributed by atoms with Gasteiger partial charge in [-0.2, -0.15) is 0 Å². The van der Waals surface area contributed by atoms with Crippen LogP contribution in [0.4, 0.5) is 0 Å². The summed E-state index contributed by atoms with van der Waals surface area (Å²) in [5.74, 6) is 0. The normalized spacial score (nSPS) is 8.11. The van der Waals surface area contributed by atoms with E-state index in [1.165, 1.54) is 5.56 Å². The summed E-state index contributed by atoms with van der Waals surface area (Å²) in [5, 5.41) is 0.952. The summed E-state index contributed by atoms with van der Waals surface area (Å²) in [7, 11) is 0. The summed E-state index contributed by atoms with van der Waals surface area (Å²) in [5.41, 5.74) is 1.33. The maximum Gasteiger partial charge on any atom is 0.0283 e. The molecule has 0 radical (unpaired) electrons.